The van der Waals surface area contributed by atoms with Gasteiger partial charge in [0.1, 0.15) is 5.82 Å². The molecule has 1 aromatic carbocycles. The van der Waals surface area contributed by atoms with Crippen LogP contribution in [0.25, 0.3) is 0 Å². The van der Waals surface area contributed by atoms with E-state index in [0.29, 0.717) is 17.2 Å². The van der Waals surface area contributed by atoms with Gasteiger partial charge in [0, 0.05) is 11.6 Å². The summed E-state index contributed by atoms with van der Waals surface area (Å²) in [7, 11) is 0. The second-order valence-corrected chi connectivity index (χ2v) is 5.66. The number of halogens is 1. The molecule has 0 amide bonds. The zero-order chi connectivity index (χ0) is 15.1. The molecule has 0 unspecified atom stereocenters. The van der Waals surface area contributed by atoms with Crippen LogP contribution in [0, 0.1) is 17.1 Å². The standard InChI is InChI=1S/C17H23FN2O/c1-2-9-20-15-4-6-16(7-5-15)21-12-14-10-13(11-19)3-8-17(14)18/h3,8,10,15-16,20H,2,4-7,9,12H2,1H3. The van der Waals surface area contributed by atoms with Gasteiger partial charge in [-0.1, -0.05) is 6.92 Å². The van der Waals surface area contributed by atoms with Gasteiger partial charge in [0.05, 0.1) is 24.3 Å². The Bertz CT molecular complexity index is 490. The van der Waals surface area contributed by atoms with Crippen LogP contribution < -0.4 is 5.32 Å². The Morgan fingerprint density at radius 3 is 2.76 bits per heavy atom. The van der Waals surface area contributed by atoms with Crippen molar-refractivity contribution in [1.82, 2.24) is 5.32 Å². The molecular weight excluding hydrogens is 267 g/mol. The van der Waals surface area contributed by atoms with Crippen molar-refractivity contribution in [2.24, 2.45) is 0 Å². The largest absolute Gasteiger partial charge is 0.373 e. The van der Waals surface area contributed by atoms with Gasteiger partial charge in [-0.05, 0) is 56.8 Å². The summed E-state index contributed by atoms with van der Waals surface area (Å²) in [6.07, 6.45) is 5.62. The lowest BCUT2D eigenvalue weighted by molar-refractivity contribution is 0.0101. The van der Waals surface area contributed by atoms with Crippen molar-refractivity contribution in [2.75, 3.05) is 6.54 Å². The average molecular weight is 290 g/mol. The highest BCUT2D eigenvalue weighted by molar-refractivity contribution is 5.33. The molecule has 0 heterocycles. The molecule has 0 aliphatic heterocycles. The molecule has 4 heteroatoms. The van der Waals surface area contributed by atoms with Gasteiger partial charge in [-0.15, -0.1) is 0 Å². The Labute approximate surface area is 126 Å². The minimum Gasteiger partial charge on any atom is -0.373 e. The quantitative estimate of drug-likeness (QED) is 0.871. The highest BCUT2D eigenvalue weighted by Gasteiger charge is 2.21. The Morgan fingerprint density at radius 2 is 2.10 bits per heavy atom. The van der Waals surface area contributed by atoms with Gasteiger partial charge in [-0.25, -0.2) is 4.39 Å². The molecule has 1 fully saturated rings. The molecule has 1 aromatic rings. The molecule has 3 nitrogen and oxygen atoms in total. The summed E-state index contributed by atoms with van der Waals surface area (Å²) in [5, 5.41) is 12.4. The minimum atomic E-state index is -0.299. The molecule has 0 aromatic heterocycles. The van der Waals surface area contributed by atoms with Crippen molar-refractivity contribution < 1.29 is 9.13 Å². The number of nitrogens with one attached hydrogen (secondary N) is 1. The summed E-state index contributed by atoms with van der Waals surface area (Å²) in [5.74, 6) is -0.299. The number of nitrogens with zero attached hydrogens (tertiary/aromatic N) is 1. The molecule has 0 saturated heterocycles. The Balaban J connectivity index is 1.78. The zero-order valence-corrected chi connectivity index (χ0v) is 12.6. The molecule has 1 N–H and O–H groups in total. The predicted octanol–water partition coefficient (Wildman–Crippen LogP) is 3.52. The van der Waals surface area contributed by atoms with Gasteiger partial charge >= 0.3 is 0 Å². The fourth-order valence-corrected chi connectivity index (χ4v) is 2.74. The van der Waals surface area contributed by atoms with Crippen LogP contribution in [0.15, 0.2) is 18.2 Å². The van der Waals surface area contributed by atoms with Crippen LogP contribution in [-0.4, -0.2) is 18.7 Å². The number of nitriles is 1. The van der Waals surface area contributed by atoms with Gasteiger partial charge in [0.25, 0.3) is 0 Å². The maximum Gasteiger partial charge on any atom is 0.128 e. The van der Waals surface area contributed by atoms with E-state index in [0.717, 1.165) is 38.6 Å². The van der Waals surface area contributed by atoms with Crippen molar-refractivity contribution in [2.45, 2.75) is 57.8 Å². The van der Waals surface area contributed by atoms with E-state index in [4.69, 9.17) is 10.00 Å². The molecule has 1 aliphatic carbocycles. The Kier molecular flexibility index (Phi) is 6.16. The molecule has 21 heavy (non-hydrogen) atoms. The fraction of sp³-hybridized carbons (Fsp3) is 0.588. The lowest BCUT2D eigenvalue weighted by Gasteiger charge is -2.29. The lowest BCUT2D eigenvalue weighted by Crippen LogP contribution is -2.35. The smallest absolute Gasteiger partial charge is 0.128 e. The van der Waals surface area contributed by atoms with E-state index in [9.17, 15) is 4.39 Å². The van der Waals surface area contributed by atoms with E-state index >= 15 is 0 Å². The molecular formula is C17H23FN2O. The normalized spacial score (nSPS) is 22.0. The third kappa shape index (κ3) is 4.80. The third-order valence-electron chi connectivity index (χ3n) is 4.01. The van der Waals surface area contributed by atoms with Gasteiger partial charge in [0.15, 0.2) is 0 Å². The molecule has 0 atom stereocenters. The summed E-state index contributed by atoms with van der Waals surface area (Å²) < 4.78 is 19.5. The summed E-state index contributed by atoms with van der Waals surface area (Å²) in [6.45, 7) is 3.49. The van der Waals surface area contributed by atoms with Crippen LogP contribution in [0.5, 0.6) is 0 Å². The average Bonchev–Trinajstić information content (AvgIpc) is 2.53. The van der Waals surface area contributed by atoms with Gasteiger partial charge < -0.3 is 10.1 Å². The molecule has 2 rings (SSSR count). The highest BCUT2D eigenvalue weighted by Crippen LogP contribution is 2.23. The SMILES string of the molecule is CCCNC1CCC(OCc2cc(C#N)ccc2F)CC1. The van der Waals surface area contributed by atoms with Crippen molar-refractivity contribution in [1.29, 1.82) is 5.26 Å². The zero-order valence-electron chi connectivity index (χ0n) is 12.6. The van der Waals surface area contributed by atoms with Gasteiger partial charge in [0.2, 0.25) is 0 Å². The number of ether oxygens (including phenoxy) is 1. The predicted molar refractivity (Wildman–Crippen MR) is 80.2 cm³/mol. The van der Waals surface area contributed by atoms with Crippen LogP contribution in [-0.2, 0) is 11.3 Å². The summed E-state index contributed by atoms with van der Waals surface area (Å²) in [5.41, 5.74) is 0.947. The van der Waals surface area contributed by atoms with Crippen LogP contribution in [0.4, 0.5) is 4.39 Å². The number of rotatable bonds is 6. The van der Waals surface area contributed by atoms with Crippen molar-refractivity contribution >= 4 is 0 Å². The third-order valence-corrected chi connectivity index (χ3v) is 4.01. The van der Waals surface area contributed by atoms with Crippen molar-refractivity contribution in [3.8, 4) is 6.07 Å². The molecule has 0 bridgehead atoms. The van der Waals surface area contributed by atoms with Gasteiger partial charge in [-0.2, -0.15) is 5.26 Å². The van der Waals surface area contributed by atoms with Crippen LogP contribution in [0.3, 0.4) is 0 Å². The summed E-state index contributed by atoms with van der Waals surface area (Å²) >= 11 is 0. The molecule has 1 aliphatic rings. The first-order valence-electron chi connectivity index (χ1n) is 7.76. The van der Waals surface area contributed by atoms with E-state index in [1.807, 2.05) is 6.07 Å². The van der Waals surface area contributed by atoms with E-state index in [1.165, 1.54) is 12.1 Å². The topological polar surface area (TPSA) is 45.0 Å². The van der Waals surface area contributed by atoms with Crippen LogP contribution in [0.1, 0.15) is 50.2 Å². The monoisotopic (exact) mass is 290 g/mol. The minimum absolute atomic E-state index is 0.204. The van der Waals surface area contributed by atoms with E-state index in [-0.39, 0.29) is 18.5 Å². The first kappa shape index (κ1) is 15.9. The first-order valence-corrected chi connectivity index (χ1v) is 7.76. The highest BCUT2D eigenvalue weighted by atomic mass is 19.1. The van der Waals surface area contributed by atoms with E-state index in [1.54, 1.807) is 6.07 Å². The molecule has 0 spiro atoms. The number of hydrogen-bond donors (Lipinski definition) is 1. The summed E-state index contributed by atoms with van der Waals surface area (Å²) in [6, 6.07) is 7.03. The fourth-order valence-electron chi connectivity index (χ4n) is 2.74. The Morgan fingerprint density at radius 1 is 1.33 bits per heavy atom. The molecule has 1 saturated carbocycles. The van der Waals surface area contributed by atoms with Crippen LogP contribution >= 0.6 is 0 Å². The number of benzene rings is 1. The van der Waals surface area contributed by atoms with E-state index in [2.05, 4.69) is 12.2 Å². The van der Waals surface area contributed by atoms with Crippen molar-refractivity contribution in [3.63, 3.8) is 0 Å². The Hall–Kier alpha value is -1.44. The first-order chi connectivity index (χ1) is 10.2. The van der Waals surface area contributed by atoms with Gasteiger partial charge in [-0.3, -0.25) is 0 Å². The second-order valence-electron chi connectivity index (χ2n) is 5.66. The lowest BCUT2D eigenvalue weighted by atomic mass is 9.93. The van der Waals surface area contributed by atoms with E-state index < -0.39 is 0 Å². The maximum absolute atomic E-state index is 13.7. The van der Waals surface area contributed by atoms with Crippen molar-refractivity contribution in [3.05, 3.63) is 35.1 Å². The maximum atomic E-state index is 13.7. The second kappa shape index (κ2) is 8.11. The van der Waals surface area contributed by atoms with Crippen LogP contribution in [0.2, 0.25) is 0 Å². The molecule has 0 radical (unpaired) electrons. The number of hydrogen-bond acceptors (Lipinski definition) is 3. The summed E-state index contributed by atoms with van der Waals surface area (Å²) in [4.78, 5) is 0. The molecule has 114 valence electrons.